The van der Waals surface area contributed by atoms with Gasteiger partial charge >= 0.3 is 0 Å². The quantitative estimate of drug-likeness (QED) is 0.795. The van der Waals surface area contributed by atoms with Gasteiger partial charge in [-0.1, -0.05) is 49.0 Å². The first kappa shape index (κ1) is 18.5. The molecule has 5 heteroatoms. The second kappa shape index (κ2) is 8.86. The number of rotatable bonds is 6. The molecule has 0 spiro atoms. The maximum atomic E-state index is 12.1. The van der Waals surface area contributed by atoms with Gasteiger partial charge in [0.05, 0.1) is 11.3 Å². The fourth-order valence-corrected chi connectivity index (χ4v) is 4.00. The minimum Gasteiger partial charge on any atom is -0.355 e. The third-order valence-corrected chi connectivity index (χ3v) is 5.63. The van der Waals surface area contributed by atoms with Crippen molar-refractivity contribution in [2.45, 2.75) is 37.6 Å². The molecule has 1 aromatic heterocycles. The topological polar surface area (TPSA) is 65.8 Å². The lowest BCUT2D eigenvalue weighted by molar-refractivity contribution is -0.118. The number of aromatic nitrogens is 1. The van der Waals surface area contributed by atoms with Gasteiger partial charge in [-0.05, 0) is 48.8 Å². The molecule has 1 aromatic carbocycles. The minimum atomic E-state index is -0.0250. The number of aryl methyl sites for hydroxylation is 1. The molecule has 26 heavy (non-hydrogen) atoms. The Morgan fingerprint density at radius 3 is 2.96 bits per heavy atom. The molecule has 0 saturated carbocycles. The number of amides is 1. The first-order chi connectivity index (χ1) is 12.7. The van der Waals surface area contributed by atoms with Gasteiger partial charge in [0.2, 0.25) is 5.91 Å². The summed E-state index contributed by atoms with van der Waals surface area (Å²) in [6.45, 7) is 2.85. The molecule has 0 radical (unpaired) electrons. The van der Waals surface area contributed by atoms with Crippen LogP contribution in [0.15, 0.2) is 41.4 Å². The normalized spacial score (nSPS) is 15.8. The zero-order chi connectivity index (χ0) is 18.4. The summed E-state index contributed by atoms with van der Waals surface area (Å²) >= 11 is 1.35. The lowest BCUT2D eigenvalue weighted by atomic mass is 9.87. The van der Waals surface area contributed by atoms with Crippen LogP contribution in [-0.2, 0) is 24.1 Å². The summed E-state index contributed by atoms with van der Waals surface area (Å²) in [6.07, 6.45) is 3.90. The lowest BCUT2D eigenvalue weighted by Gasteiger charge is -2.21. The van der Waals surface area contributed by atoms with Gasteiger partial charge in [0.15, 0.2) is 0 Å². The highest BCUT2D eigenvalue weighted by atomic mass is 32.2. The summed E-state index contributed by atoms with van der Waals surface area (Å²) in [5, 5.41) is 13.0. The molecular weight excluding hydrogens is 342 g/mol. The Morgan fingerprint density at radius 2 is 2.19 bits per heavy atom. The Labute approximate surface area is 159 Å². The van der Waals surface area contributed by atoms with E-state index in [1.54, 1.807) is 0 Å². The van der Waals surface area contributed by atoms with Crippen LogP contribution in [0.25, 0.3) is 0 Å². The van der Waals surface area contributed by atoms with Gasteiger partial charge in [0.1, 0.15) is 11.1 Å². The number of hydrogen-bond donors (Lipinski definition) is 1. The van der Waals surface area contributed by atoms with Crippen molar-refractivity contribution in [1.82, 2.24) is 10.3 Å². The maximum Gasteiger partial charge on any atom is 0.230 e. The van der Waals surface area contributed by atoms with Crippen LogP contribution in [0.1, 0.15) is 35.7 Å². The van der Waals surface area contributed by atoms with Crippen LogP contribution in [-0.4, -0.2) is 23.2 Å². The zero-order valence-electron chi connectivity index (χ0n) is 15.0. The number of thioether (sulfide) groups is 1. The van der Waals surface area contributed by atoms with Crippen molar-refractivity contribution >= 4 is 17.7 Å². The third kappa shape index (κ3) is 4.86. The monoisotopic (exact) mass is 365 g/mol. The lowest BCUT2D eigenvalue weighted by Crippen LogP contribution is -2.27. The molecule has 1 heterocycles. The van der Waals surface area contributed by atoms with Crippen molar-refractivity contribution in [3.8, 4) is 6.07 Å². The average molecular weight is 366 g/mol. The first-order valence-corrected chi connectivity index (χ1v) is 10.0. The van der Waals surface area contributed by atoms with Crippen molar-refractivity contribution in [2.75, 3.05) is 12.3 Å². The molecule has 2 aromatic rings. The van der Waals surface area contributed by atoms with E-state index in [1.807, 2.05) is 24.3 Å². The number of hydrogen-bond acceptors (Lipinski definition) is 4. The molecule has 1 aliphatic carbocycles. The highest BCUT2D eigenvalue weighted by Crippen LogP contribution is 2.29. The predicted molar refractivity (Wildman–Crippen MR) is 104 cm³/mol. The predicted octanol–water partition coefficient (Wildman–Crippen LogP) is 3.53. The van der Waals surface area contributed by atoms with Gasteiger partial charge < -0.3 is 5.32 Å². The van der Waals surface area contributed by atoms with E-state index in [2.05, 4.69) is 35.4 Å². The Morgan fingerprint density at radius 1 is 1.38 bits per heavy atom. The first-order valence-electron chi connectivity index (χ1n) is 9.02. The Balaban J connectivity index is 1.54. The van der Waals surface area contributed by atoms with Crippen molar-refractivity contribution in [2.24, 2.45) is 5.92 Å². The van der Waals surface area contributed by atoms with E-state index in [1.165, 1.54) is 22.9 Å². The fourth-order valence-electron chi connectivity index (χ4n) is 3.19. The zero-order valence-corrected chi connectivity index (χ0v) is 15.8. The van der Waals surface area contributed by atoms with Crippen molar-refractivity contribution in [3.05, 3.63) is 58.8 Å². The van der Waals surface area contributed by atoms with E-state index in [0.717, 1.165) is 31.4 Å². The summed E-state index contributed by atoms with van der Waals surface area (Å²) in [7, 11) is 0. The van der Waals surface area contributed by atoms with Crippen LogP contribution < -0.4 is 5.32 Å². The Bertz CT molecular complexity index is 814. The molecule has 4 nitrogen and oxygen atoms in total. The van der Waals surface area contributed by atoms with Crippen LogP contribution in [0, 0.1) is 17.2 Å². The van der Waals surface area contributed by atoms with Crippen molar-refractivity contribution < 1.29 is 4.79 Å². The van der Waals surface area contributed by atoms with Gasteiger partial charge in [-0.15, -0.1) is 0 Å². The molecule has 1 amide bonds. The smallest absolute Gasteiger partial charge is 0.230 e. The SMILES string of the molecule is CC1CCc2nc(SCC(=O)NCCc3ccccc3)c(C#N)cc2C1. The van der Waals surface area contributed by atoms with Gasteiger partial charge in [0, 0.05) is 12.2 Å². The Kier molecular flexibility index (Phi) is 6.30. The number of nitriles is 1. The van der Waals surface area contributed by atoms with Gasteiger partial charge in [-0.3, -0.25) is 4.79 Å². The molecule has 3 rings (SSSR count). The number of nitrogens with zero attached hydrogens (tertiary/aromatic N) is 2. The standard InChI is InChI=1S/C21H23N3OS/c1-15-7-8-19-17(11-15)12-18(13-22)21(24-19)26-14-20(25)23-10-9-16-5-3-2-4-6-16/h2-6,12,15H,7-11,14H2,1H3,(H,23,25). The van der Waals surface area contributed by atoms with Crippen LogP contribution >= 0.6 is 11.8 Å². The molecule has 0 aliphatic heterocycles. The third-order valence-electron chi connectivity index (χ3n) is 4.64. The highest BCUT2D eigenvalue weighted by molar-refractivity contribution is 8.00. The second-order valence-electron chi connectivity index (χ2n) is 6.78. The van der Waals surface area contributed by atoms with E-state index in [0.29, 0.717) is 23.1 Å². The Hall–Kier alpha value is -2.32. The van der Waals surface area contributed by atoms with Gasteiger partial charge in [-0.25, -0.2) is 4.98 Å². The van der Waals surface area contributed by atoms with Crippen molar-refractivity contribution in [3.63, 3.8) is 0 Å². The summed E-state index contributed by atoms with van der Waals surface area (Å²) in [5.74, 6) is 0.902. The fraction of sp³-hybridized carbons (Fsp3) is 0.381. The maximum absolute atomic E-state index is 12.1. The summed E-state index contributed by atoms with van der Waals surface area (Å²) < 4.78 is 0. The number of fused-ring (bicyclic) bond motifs is 1. The van der Waals surface area contributed by atoms with Crippen molar-refractivity contribution in [1.29, 1.82) is 5.26 Å². The molecule has 1 N–H and O–H groups in total. The average Bonchev–Trinajstić information content (AvgIpc) is 2.66. The molecular formula is C21H23N3OS. The van der Waals surface area contributed by atoms with Gasteiger partial charge in [-0.2, -0.15) is 5.26 Å². The van der Waals surface area contributed by atoms with Crippen LogP contribution in [0.5, 0.6) is 0 Å². The number of pyridine rings is 1. The van der Waals surface area contributed by atoms with E-state index in [-0.39, 0.29) is 11.7 Å². The van der Waals surface area contributed by atoms with E-state index in [4.69, 9.17) is 0 Å². The van der Waals surface area contributed by atoms with E-state index >= 15 is 0 Å². The molecule has 0 saturated heterocycles. The van der Waals surface area contributed by atoms with Crippen LogP contribution in [0.4, 0.5) is 0 Å². The molecule has 1 aliphatic rings. The largest absolute Gasteiger partial charge is 0.355 e. The molecule has 134 valence electrons. The minimum absolute atomic E-state index is 0.0250. The number of benzene rings is 1. The molecule has 0 bridgehead atoms. The van der Waals surface area contributed by atoms with Gasteiger partial charge in [0.25, 0.3) is 0 Å². The number of nitrogens with one attached hydrogen (secondary N) is 1. The van der Waals surface area contributed by atoms with Crippen LogP contribution in [0.3, 0.4) is 0 Å². The number of carbonyl (C=O) groups excluding carboxylic acids is 1. The second-order valence-corrected chi connectivity index (χ2v) is 7.74. The summed E-state index contributed by atoms with van der Waals surface area (Å²) in [6, 6.07) is 14.3. The van der Waals surface area contributed by atoms with E-state index < -0.39 is 0 Å². The van der Waals surface area contributed by atoms with E-state index in [9.17, 15) is 10.1 Å². The summed E-state index contributed by atoms with van der Waals surface area (Å²) in [5.41, 5.74) is 4.07. The molecule has 1 atom stereocenters. The molecule has 0 fully saturated rings. The summed E-state index contributed by atoms with van der Waals surface area (Å²) in [4.78, 5) is 16.8. The van der Waals surface area contributed by atoms with Crippen LogP contribution in [0.2, 0.25) is 0 Å². The number of carbonyl (C=O) groups is 1. The molecule has 1 unspecified atom stereocenters. The highest BCUT2D eigenvalue weighted by Gasteiger charge is 2.19.